The molecule has 0 saturated carbocycles. The Morgan fingerprint density at radius 2 is 1.90 bits per heavy atom. The molecule has 1 aromatic carbocycles. The second kappa shape index (κ2) is 6.65. The van der Waals surface area contributed by atoms with Crippen LogP contribution in [0.3, 0.4) is 0 Å². The zero-order chi connectivity index (χ0) is 14.7. The summed E-state index contributed by atoms with van der Waals surface area (Å²) in [7, 11) is 0. The maximum absolute atomic E-state index is 6.34. The molecule has 1 aliphatic heterocycles. The summed E-state index contributed by atoms with van der Waals surface area (Å²) in [6.45, 7) is 1.49. The molecule has 0 amide bonds. The van der Waals surface area contributed by atoms with E-state index >= 15 is 0 Å². The molecule has 0 atom stereocenters. The van der Waals surface area contributed by atoms with E-state index in [1.54, 1.807) is 12.4 Å². The van der Waals surface area contributed by atoms with Crippen molar-refractivity contribution >= 4 is 23.2 Å². The second-order valence-electron chi connectivity index (χ2n) is 4.93. The van der Waals surface area contributed by atoms with Crippen LogP contribution in [0.5, 0.6) is 5.75 Å². The van der Waals surface area contributed by atoms with Crippen molar-refractivity contribution in [3.63, 3.8) is 0 Å². The molecular formula is C16H15Cl2NO2. The molecule has 0 N–H and O–H groups in total. The smallest absolute Gasteiger partial charge is 0.138 e. The summed E-state index contributed by atoms with van der Waals surface area (Å²) in [6.07, 6.45) is 5.30. The lowest BCUT2D eigenvalue weighted by molar-refractivity contribution is 0.0256. The molecule has 0 radical (unpaired) electrons. The van der Waals surface area contributed by atoms with Crippen LogP contribution in [0.15, 0.2) is 36.7 Å². The van der Waals surface area contributed by atoms with Gasteiger partial charge in [-0.2, -0.15) is 0 Å². The van der Waals surface area contributed by atoms with Gasteiger partial charge >= 0.3 is 0 Å². The van der Waals surface area contributed by atoms with Gasteiger partial charge in [-0.3, -0.25) is 4.98 Å². The van der Waals surface area contributed by atoms with Gasteiger partial charge in [-0.1, -0.05) is 29.3 Å². The molecule has 2 aromatic rings. The fourth-order valence-electron chi connectivity index (χ4n) is 2.35. The molecule has 5 heteroatoms. The van der Waals surface area contributed by atoms with Crippen LogP contribution in [0.4, 0.5) is 0 Å². The van der Waals surface area contributed by atoms with Crippen molar-refractivity contribution in [3.05, 3.63) is 46.7 Å². The largest absolute Gasteiger partial charge is 0.489 e. The van der Waals surface area contributed by atoms with Gasteiger partial charge in [0.1, 0.15) is 11.9 Å². The molecule has 2 heterocycles. The van der Waals surface area contributed by atoms with E-state index < -0.39 is 0 Å². The third-order valence-electron chi connectivity index (χ3n) is 3.48. The first kappa shape index (κ1) is 14.6. The molecule has 1 aliphatic rings. The van der Waals surface area contributed by atoms with Crippen molar-refractivity contribution in [1.29, 1.82) is 0 Å². The zero-order valence-corrected chi connectivity index (χ0v) is 12.9. The topological polar surface area (TPSA) is 31.4 Å². The van der Waals surface area contributed by atoms with Crippen LogP contribution in [0.2, 0.25) is 10.0 Å². The Morgan fingerprint density at radius 3 is 2.62 bits per heavy atom. The maximum Gasteiger partial charge on any atom is 0.138 e. The number of hydrogen-bond acceptors (Lipinski definition) is 3. The minimum atomic E-state index is 0.173. The van der Waals surface area contributed by atoms with E-state index in [2.05, 4.69) is 4.98 Å². The monoisotopic (exact) mass is 323 g/mol. The summed E-state index contributed by atoms with van der Waals surface area (Å²) in [5.74, 6) is 0.706. The van der Waals surface area contributed by atoms with E-state index in [4.69, 9.17) is 32.7 Å². The molecule has 3 nitrogen and oxygen atoms in total. The van der Waals surface area contributed by atoms with Crippen molar-refractivity contribution < 1.29 is 9.47 Å². The highest BCUT2D eigenvalue weighted by Gasteiger charge is 2.17. The van der Waals surface area contributed by atoms with Crippen LogP contribution in [0.1, 0.15) is 12.8 Å². The fraction of sp³-hybridized carbons (Fsp3) is 0.312. The summed E-state index contributed by atoms with van der Waals surface area (Å²) in [5.41, 5.74) is 1.86. The molecule has 1 aromatic heterocycles. The Labute approximate surface area is 133 Å². The molecule has 1 saturated heterocycles. The first-order valence-corrected chi connectivity index (χ1v) is 7.63. The predicted octanol–water partition coefficient (Wildman–Crippen LogP) is 4.61. The van der Waals surface area contributed by atoms with E-state index in [1.165, 1.54) is 0 Å². The molecule has 1 fully saturated rings. The Kier molecular flexibility index (Phi) is 4.63. The Hall–Kier alpha value is -1.29. The van der Waals surface area contributed by atoms with E-state index in [0.717, 1.165) is 37.2 Å². The van der Waals surface area contributed by atoms with E-state index in [9.17, 15) is 0 Å². The lowest BCUT2D eigenvalue weighted by Crippen LogP contribution is -2.25. The highest BCUT2D eigenvalue weighted by Crippen LogP contribution is 2.34. The maximum atomic E-state index is 6.34. The summed E-state index contributed by atoms with van der Waals surface area (Å²) in [4.78, 5) is 3.99. The highest BCUT2D eigenvalue weighted by molar-refractivity contribution is 6.34. The Morgan fingerprint density at radius 1 is 1.10 bits per heavy atom. The number of halogens is 2. The average Bonchev–Trinajstić information content (AvgIpc) is 2.51. The summed E-state index contributed by atoms with van der Waals surface area (Å²) in [5, 5.41) is 1.19. The standard InChI is InChI=1S/C16H15Cl2NO2/c17-14-9-11(13-3-6-19-10-15(13)18)1-2-16(14)21-12-4-7-20-8-5-12/h1-3,6,9-10,12H,4-5,7-8H2. The van der Waals surface area contributed by atoms with Crippen molar-refractivity contribution in [3.8, 4) is 16.9 Å². The molecule has 21 heavy (non-hydrogen) atoms. The van der Waals surface area contributed by atoms with Crippen LogP contribution >= 0.6 is 23.2 Å². The van der Waals surface area contributed by atoms with Gasteiger partial charge in [0, 0.05) is 30.8 Å². The summed E-state index contributed by atoms with van der Waals surface area (Å²) >= 11 is 12.5. The van der Waals surface area contributed by atoms with Gasteiger partial charge in [0.05, 0.1) is 23.3 Å². The van der Waals surface area contributed by atoms with E-state index in [1.807, 2.05) is 24.3 Å². The van der Waals surface area contributed by atoms with Crippen LogP contribution in [-0.2, 0) is 4.74 Å². The number of ether oxygens (including phenoxy) is 2. The minimum absolute atomic E-state index is 0.173. The predicted molar refractivity (Wildman–Crippen MR) is 84.2 cm³/mol. The van der Waals surface area contributed by atoms with Gasteiger partial charge in [-0.25, -0.2) is 0 Å². The molecule has 0 bridgehead atoms. The van der Waals surface area contributed by atoms with Crippen molar-refractivity contribution in [2.75, 3.05) is 13.2 Å². The van der Waals surface area contributed by atoms with E-state index in [-0.39, 0.29) is 6.10 Å². The van der Waals surface area contributed by atoms with Gasteiger partial charge in [0.25, 0.3) is 0 Å². The summed E-state index contributed by atoms with van der Waals surface area (Å²) < 4.78 is 11.3. The second-order valence-corrected chi connectivity index (χ2v) is 5.74. The molecule has 0 unspecified atom stereocenters. The SMILES string of the molecule is Clc1cc(-c2ccncc2Cl)ccc1OC1CCOCC1. The Bertz CT molecular complexity index is 627. The van der Waals surface area contributed by atoms with Gasteiger partial charge < -0.3 is 9.47 Å². The number of benzene rings is 1. The van der Waals surface area contributed by atoms with Crippen LogP contribution in [0.25, 0.3) is 11.1 Å². The van der Waals surface area contributed by atoms with Gasteiger partial charge in [0.2, 0.25) is 0 Å². The Balaban J connectivity index is 1.81. The van der Waals surface area contributed by atoms with Crippen molar-refractivity contribution in [2.45, 2.75) is 18.9 Å². The molecule has 110 valence electrons. The van der Waals surface area contributed by atoms with Crippen LogP contribution < -0.4 is 4.74 Å². The first-order valence-electron chi connectivity index (χ1n) is 6.88. The fourth-order valence-corrected chi connectivity index (χ4v) is 2.80. The average molecular weight is 324 g/mol. The number of rotatable bonds is 3. The van der Waals surface area contributed by atoms with Gasteiger partial charge in [-0.15, -0.1) is 0 Å². The molecule has 0 spiro atoms. The third kappa shape index (κ3) is 3.49. The quantitative estimate of drug-likeness (QED) is 0.826. The minimum Gasteiger partial charge on any atom is -0.489 e. The summed E-state index contributed by atoms with van der Waals surface area (Å²) in [6, 6.07) is 7.59. The molecular weight excluding hydrogens is 309 g/mol. The normalized spacial score (nSPS) is 15.9. The highest BCUT2D eigenvalue weighted by atomic mass is 35.5. The molecule has 0 aliphatic carbocycles. The van der Waals surface area contributed by atoms with Gasteiger partial charge in [-0.05, 0) is 23.8 Å². The zero-order valence-electron chi connectivity index (χ0n) is 11.4. The van der Waals surface area contributed by atoms with Crippen molar-refractivity contribution in [2.24, 2.45) is 0 Å². The number of nitrogens with zero attached hydrogens (tertiary/aromatic N) is 1. The van der Waals surface area contributed by atoms with E-state index in [0.29, 0.717) is 15.8 Å². The first-order chi connectivity index (χ1) is 10.2. The lowest BCUT2D eigenvalue weighted by Gasteiger charge is -2.24. The van der Waals surface area contributed by atoms with Crippen molar-refractivity contribution in [1.82, 2.24) is 4.98 Å². The third-order valence-corrected chi connectivity index (χ3v) is 4.07. The number of aromatic nitrogens is 1. The van der Waals surface area contributed by atoms with Crippen LogP contribution in [0, 0.1) is 0 Å². The molecule has 3 rings (SSSR count). The number of hydrogen-bond donors (Lipinski definition) is 0. The lowest BCUT2D eigenvalue weighted by atomic mass is 10.1. The van der Waals surface area contributed by atoms with Gasteiger partial charge in [0.15, 0.2) is 0 Å². The number of pyridine rings is 1. The van der Waals surface area contributed by atoms with Crippen LogP contribution in [-0.4, -0.2) is 24.3 Å².